The first-order valence-electron chi connectivity index (χ1n) is 7.45. The van der Waals surface area contributed by atoms with Crippen molar-refractivity contribution in [1.82, 2.24) is 15.5 Å². The van der Waals surface area contributed by atoms with Gasteiger partial charge in [0.15, 0.2) is 9.84 Å². The third-order valence-electron chi connectivity index (χ3n) is 4.60. The molecular weight excluding hydrogens is 310 g/mol. The molecule has 1 atom stereocenters. The van der Waals surface area contributed by atoms with Crippen LogP contribution in [0.5, 0.6) is 0 Å². The minimum absolute atomic E-state index is 0.0597. The number of amides is 4. The number of imide groups is 1. The number of carbonyl (C=O) groups is 3. The van der Waals surface area contributed by atoms with E-state index in [2.05, 4.69) is 10.6 Å². The molecule has 1 spiro atoms. The number of urea groups is 1. The van der Waals surface area contributed by atoms with Gasteiger partial charge in [0, 0.05) is 6.04 Å². The van der Waals surface area contributed by atoms with Gasteiger partial charge in [0.25, 0.3) is 5.91 Å². The van der Waals surface area contributed by atoms with Crippen LogP contribution in [0.2, 0.25) is 0 Å². The first-order valence-corrected chi connectivity index (χ1v) is 9.27. The Morgan fingerprint density at radius 1 is 1.32 bits per heavy atom. The number of hydrogen-bond donors (Lipinski definition) is 2. The topological polar surface area (TPSA) is 113 Å². The van der Waals surface area contributed by atoms with Crippen molar-refractivity contribution < 1.29 is 22.8 Å². The maximum atomic E-state index is 12.4. The Kier molecular flexibility index (Phi) is 3.62. The minimum atomic E-state index is -3.08. The van der Waals surface area contributed by atoms with E-state index < -0.39 is 33.4 Å². The summed E-state index contributed by atoms with van der Waals surface area (Å²) in [6, 6.07) is -0.972. The van der Waals surface area contributed by atoms with Crippen LogP contribution >= 0.6 is 0 Å². The fourth-order valence-corrected chi connectivity index (χ4v) is 5.14. The number of hydrogen-bond acceptors (Lipinski definition) is 5. The van der Waals surface area contributed by atoms with Crippen molar-refractivity contribution >= 4 is 27.7 Å². The van der Waals surface area contributed by atoms with E-state index in [1.54, 1.807) is 0 Å². The Labute approximate surface area is 128 Å². The Morgan fingerprint density at radius 2 is 2.00 bits per heavy atom. The fraction of sp³-hybridized carbons (Fsp3) is 0.769. The van der Waals surface area contributed by atoms with Gasteiger partial charge < -0.3 is 10.6 Å². The Bertz CT molecular complexity index is 624. The van der Waals surface area contributed by atoms with E-state index in [-0.39, 0.29) is 24.0 Å². The van der Waals surface area contributed by atoms with Crippen LogP contribution < -0.4 is 10.6 Å². The lowest BCUT2D eigenvalue weighted by molar-refractivity contribution is -0.135. The number of nitrogens with zero attached hydrogens (tertiary/aromatic N) is 1. The van der Waals surface area contributed by atoms with E-state index in [0.717, 1.165) is 17.7 Å². The zero-order valence-corrected chi connectivity index (χ0v) is 12.9. The second kappa shape index (κ2) is 5.22. The predicted molar refractivity (Wildman–Crippen MR) is 76.6 cm³/mol. The number of sulfone groups is 1. The fourth-order valence-electron chi connectivity index (χ4n) is 3.46. The molecule has 22 heavy (non-hydrogen) atoms. The zero-order chi connectivity index (χ0) is 16.0. The van der Waals surface area contributed by atoms with Crippen molar-refractivity contribution in [3.05, 3.63) is 0 Å². The van der Waals surface area contributed by atoms with E-state index in [1.165, 1.54) is 0 Å². The average Bonchev–Trinajstić information content (AvgIpc) is 3.07. The number of nitrogens with one attached hydrogen (secondary N) is 2. The molecule has 1 saturated carbocycles. The smallest absolute Gasteiger partial charge is 0.325 e. The molecule has 0 unspecified atom stereocenters. The predicted octanol–water partition coefficient (Wildman–Crippen LogP) is -0.846. The summed E-state index contributed by atoms with van der Waals surface area (Å²) < 4.78 is 22.7. The lowest BCUT2D eigenvalue weighted by Gasteiger charge is -2.20. The normalized spacial score (nSPS) is 29.1. The molecular formula is C13H19N3O5S. The molecule has 3 fully saturated rings. The van der Waals surface area contributed by atoms with Crippen LogP contribution in [-0.2, 0) is 19.4 Å². The van der Waals surface area contributed by atoms with E-state index in [0.29, 0.717) is 19.3 Å². The van der Waals surface area contributed by atoms with Crippen LogP contribution in [-0.4, -0.2) is 60.8 Å². The van der Waals surface area contributed by atoms with Crippen molar-refractivity contribution in [3.63, 3.8) is 0 Å². The van der Waals surface area contributed by atoms with Gasteiger partial charge >= 0.3 is 6.03 Å². The highest BCUT2D eigenvalue weighted by Crippen LogP contribution is 2.34. The largest absolute Gasteiger partial charge is 0.351 e. The molecule has 8 nitrogen and oxygen atoms in total. The Morgan fingerprint density at radius 3 is 2.59 bits per heavy atom. The second-order valence-electron chi connectivity index (χ2n) is 6.28. The Hall–Kier alpha value is -1.64. The van der Waals surface area contributed by atoms with Gasteiger partial charge in [0.1, 0.15) is 12.1 Å². The van der Waals surface area contributed by atoms with Crippen LogP contribution in [0, 0.1) is 0 Å². The molecule has 0 aromatic rings. The highest BCUT2D eigenvalue weighted by atomic mass is 32.2. The third-order valence-corrected chi connectivity index (χ3v) is 6.37. The quantitative estimate of drug-likeness (QED) is 0.655. The second-order valence-corrected chi connectivity index (χ2v) is 8.51. The summed E-state index contributed by atoms with van der Waals surface area (Å²) in [5.74, 6) is -0.864. The maximum Gasteiger partial charge on any atom is 0.325 e. The molecule has 2 saturated heterocycles. The van der Waals surface area contributed by atoms with Crippen LogP contribution in [0.15, 0.2) is 0 Å². The molecule has 0 aromatic heterocycles. The molecule has 122 valence electrons. The van der Waals surface area contributed by atoms with Crippen molar-refractivity contribution in [1.29, 1.82) is 0 Å². The van der Waals surface area contributed by atoms with Gasteiger partial charge in [-0.2, -0.15) is 0 Å². The van der Waals surface area contributed by atoms with E-state index in [4.69, 9.17) is 0 Å². The summed E-state index contributed by atoms with van der Waals surface area (Å²) in [7, 11) is -3.08. The average molecular weight is 329 g/mol. The number of carbonyl (C=O) groups excluding carboxylic acids is 3. The van der Waals surface area contributed by atoms with Gasteiger partial charge in [0.2, 0.25) is 5.91 Å². The van der Waals surface area contributed by atoms with E-state index >= 15 is 0 Å². The summed E-state index contributed by atoms with van der Waals surface area (Å²) in [5, 5.41) is 5.29. The molecule has 3 rings (SSSR count). The molecule has 2 aliphatic heterocycles. The lowest BCUT2D eigenvalue weighted by atomic mass is 9.98. The molecule has 3 aliphatic rings. The Balaban J connectivity index is 1.60. The molecule has 9 heteroatoms. The van der Waals surface area contributed by atoms with Crippen LogP contribution in [0.4, 0.5) is 4.79 Å². The maximum absolute atomic E-state index is 12.4. The van der Waals surface area contributed by atoms with Gasteiger partial charge in [-0.15, -0.1) is 0 Å². The molecule has 2 heterocycles. The van der Waals surface area contributed by atoms with E-state index in [1.807, 2.05) is 0 Å². The van der Waals surface area contributed by atoms with Crippen LogP contribution in [0.3, 0.4) is 0 Å². The van der Waals surface area contributed by atoms with Crippen molar-refractivity contribution in [2.45, 2.75) is 43.7 Å². The summed E-state index contributed by atoms with van der Waals surface area (Å²) in [4.78, 5) is 37.2. The van der Waals surface area contributed by atoms with Crippen molar-refractivity contribution in [3.8, 4) is 0 Å². The van der Waals surface area contributed by atoms with Gasteiger partial charge in [-0.05, 0) is 19.3 Å². The first kappa shape index (κ1) is 15.3. The monoisotopic (exact) mass is 329 g/mol. The highest BCUT2D eigenvalue weighted by molar-refractivity contribution is 7.91. The molecule has 1 aliphatic carbocycles. The zero-order valence-electron chi connectivity index (χ0n) is 12.1. The SMILES string of the molecule is O=C(CN1C(=O)NC2(CCCC2)C1=O)N[C@@H]1CCS(=O)(=O)C1. The van der Waals surface area contributed by atoms with Crippen LogP contribution in [0.1, 0.15) is 32.1 Å². The van der Waals surface area contributed by atoms with Gasteiger partial charge in [-0.3, -0.25) is 14.5 Å². The van der Waals surface area contributed by atoms with E-state index in [9.17, 15) is 22.8 Å². The first-order chi connectivity index (χ1) is 10.3. The highest BCUT2D eigenvalue weighted by Gasteiger charge is 2.52. The third kappa shape index (κ3) is 2.69. The molecule has 4 amide bonds. The standard InChI is InChI=1S/C13H19N3O5S/c17-10(14-9-3-6-22(20,21)8-9)7-16-11(18)13(15-12(16)19)4-1-2-5-13/h9H,1-8H2,(H,14,17)(H,15,19)/t9-/m1/s1. The van der Waals surface area contributed by atoms with Crippen molar-refractivity contribution in [2.75, 3.05) is 18.1 Å². The van der Waals surface area contributed by atoms with Gasteiger partial charge in [-0.25, -0.2) is 13.2 Å². The summed E-state index contributed by atoms with van der Waals surface area (Å²) in [6.07, 6.45) is 3.35. The van der Waals surface area contributed by atoms with Crippen LogP contribution in [0.25, 0.3) is 0 Å². The molecule has 0 radical (unpaired) electrons. The molecule has 2 N–H and O–H groups in total. The summed E-state index contributed by atoms with van der Waals surface area (Å²) >= 11 is 0. The summed E-state index contributed by atoms with van der Waals surface area (Å²) in [6.45, 7) is -0.358. The minimum Gasteiger partial charge on any atom is -0.351 e. The van der Waals surface area contributed by atoms with Crippen molar-refractivity contribution in [2.24, 2.45) is 0 Å². The van der Waals surface area contributed by atoms with Gasteiger partial charge in [-0.1, -0.05) is 12.8 Å². The molecule has 0 aromatic carbocycles. The van der Waals surface area contributed by atoms with Gasteiger partial charge in [0.05, 0.1) is 11.5 Å². The molecule has 0 bridgehead atoms. The summed E-state index contributed by atoms with van der Waals surface area (Å²) in [5.41, 5.74) is -0.825. The lowest BCUT2D eigenvalue weighted by Crippen LogP contribution is -2.46. The number of rotatable bonds is 3.